The first kappa shape index (κ1) is 14.2. The summed E-state index contributed by atoms with van der Waals surface area (Å²) in [4.78, 5) is 13.2. The summed E-state index contributed by atoms with van der Waals surface area (Å²) in [5, 5.41) is 0. The van der Waals surface area contributed by atoms with Gasteiger partial charge in [-0.05, 0) is 38.3 Å². The van der Waals surface area contributed by atoms with Crippen molar-refractivity contribution >= 4 is 5.97 Å². The number of nitrogens with zero attached hydrogens (tertiary/aromatic N) is 1. The largest absolute Gasteiger partial charge is 0.466 e. The molecule has 0 aliphatic carbocycles. The minimum absolute atomic E-state index is 0.278. The van der Waals surface area contributed by atoms with E-state index in [-0.39, 0.29) is 5.97 Å². The second-order valence-corrected chi connectivity index (χ2v) is 4.45. The Balaban J connectivity index is 2.14. The van der Waals surface area contributed by atoms with Crippen LogP contribution >= 0.6 is 0 Å². The fraction of sp³-hybridized carbons (Fsp3) is 0.769. The van der Waals surface area contributed by atoms with Crippen molar-refractivity contribution in [2.24, 2.45) is 5.92 Å². The molecule has 0 spiro atoms. The van der Waals surface area contributed by atoms with Gasteiger partial charge in [-0.25, -0.2) is 4.79 Å². The fourth-order valence-corrected chi connectivity index (χ4v) is 2.11. The summed E-state index contributed by atoms with van der Waals surface area (Å²) >= 11 is 0. The molecule has 4 nitrogen and oxygen atoms in total. The van der Waals surface area contributed by atoms with Gasteiger partial charge in [0.2, 0.25) is 0 Å². The van der Waals surface area contributed by atoms with E-state index in [0.29, 0.717) is 0 Å². The number of rotatable bonds is 6. The third kappa shape index (κ3) is 5.84. The molecule has 0 unspecified atom stereocenters. The molecule has 1 rings (SSSR count). The summed E-state index contributed by atoms with van der Waals surface area (Å²) in [5.41, 5.74) is 0. The van der Waals surface area contributed by atoms with Crippen LogP contribution in [0.15, 0.2) is 12.2 Å². The van der Waals surface area contributed by atoms with Crippen molar-refractivity contribution in [3.05, 3.63) is 12.2 Å². The van der Waals surface area contributed by atoms with Gasteiger partial charge in [-0.3, -0.25) is 4.90 Å². The molecule has 1 heterocycles. The monoisotopic (exact) mass is 241 g/mol. The van der Waals surface area contributed by atoms with Crippen molar-refractivity contribution in [2.45, 2.75) is 19.3 Å². The van der Waals surface area contributed by atoms with E-state index >= 15 is 0 Å². The molecule has 0 saturated carbocycles. The summed E-state index contributed by atoms with van der Waals surface area (Å²) in [7, 11) is 3.15. The van der Waals surface area contributed by atoms with Crippen LogP contribution in [-0.4, -0.2) is 51.3 Å². The lowest BCUT2D eigenvalue weighted by molar-refractivity contribution is -0.134. The highest BCUT2D eigenvalue weighted by Gasteiger charge is 2.17. The van der Waals surface area contributed by atoms with Crippen molar-refractivity contribution in [2.75, 3.05) is 40.5 Å². The molecule has 0 atom stereocenters. The molecule has 1 saturated heterocycles. The maximum Gasteiger partial charge on any atom is 0.330 e. The number of ether oxygens (including phenoxy) is 2. The number of esters is 1. The van der Waals surface area contributed by atoms with Crippen LogP contribution in [0.5, 0.6) is 0 Å². The molecule has 4 heteroatoms. The van der Waals surface area contributed by atoms with Crippen molar-refractivity contribution in [3.8, 4) is 0 Å². The van der Waals surface area contributed by atoms with E-state index in [1.54, 1.807) is 7.11 Å². The van der Waals surface area contributed by atoms with Gasteiger partial charge < -0.3 is 9.47 Å². The maximum absolute atomic E-state index is 10.9. The van der Waals surface area contributed by atoms with E-state index in [0.717, 1.165) is 32.2 Å². The van der Waals surface area contributed by atoms with Gasteiger partial charge in [0.1, 0.15) is 0 Å². The number of hydrogen-bond acceptors (Lipinski definition) is 4. The molecule has 0 aromatic carbocycles. The lowest BCUT2D eigenvalue weighted by Crippen LogP contribution is -2.34. The van der Waals surface area contributed by atoms with Gasteiger partial charge in [0.15, 0.2) is 0 Å². The Morgan fingerprint density at radius 2 is 2.06 bits per heavy atom. The third-order valence-corrected chi connectivity index (χ3v) is 3.26. The Morgan fingerprint density at radius 3 is 2.65 bits per heavy atom. The van der Waals surface area contributed by atoms with Gasteiger partial charge in [-0.1, -0.05) is 6.08 Å². The highest BCUT2D eigenvalue weighted by molar-refractivity contribution is 5.81. The minimum Gasteiger partial charge on any atom is -0.466 e. The van der Waals surface area contributed by atoms with Crippen LogP contribution in [0, 0.1) is 5.92 Å². The van der Waals surface area contributed by atoms with Crippen LogP contribution in [-0.2, 0) is 14.3 Å². The van der Waals surface area contributed by atoms with E-state index in [9.17, 15) is 4.79 Å². The summed E-state index contributed by atoms with van der Waals surface area (Å²) in [6, 6.07) is 0. The molecular weight excluding hydrogens is 218 g/mol. The number of carbonyl (C=O) groups is 1. The Bertz CT molecular complexity index is 245. The van der Waals surface area contributed by atoms with E-state index in [1.165, 1.54) is 32.4 Å². The topological polar surface area (TPSA) is 38.8 Å². The van der Waals surface area contributed by atoms with Crippen molar-refractivity contribution in [1.82, 2.24) is 4.90 Å². The number of methoxy groups -OCH3 is 2. The van der Waals surface area contributed by atoms with E-state index in [4.69, 9.17) is 4.74 Å². The lowest BCUT2D eigenvalue weighted by Gasteiger charge is -2.30. The van der Waals surface area contributed by atoms with Crippen molar-refractivity contribution in [1.29, 1.82) is 0 Å². The average molecular weight is 241 g/mol. The molecule has 1 fully saturated rings. The number of carbonyl (C=O) groups excluding carboxylic acids is 1. The smallest absolute Gasteiger partial charge is 0.330 e. The Hall–Kier alpha value is -0.870. The average Bonchev–Trinajstić information content (AvgIpc) is 2.37. The molecule has 1 aliphatic rings. The zero-order chi connectivity index (χ0) is 12.5. The Morgan fingerprint density at radius 1 is 1.35 bits per heavy atom. The molecule has 0 radical (unpaired) electrons. The number of piperidine rings is 1. The first-order valence-electron chi connectivity index (χ1n) is 6.22. The summed E-state index contributed by atoms with van der Waals surface area (Å²) in [5.74, 6) is 0.524. The zero-order valence-electron chi connectivity index (χ0n) is 10.9. The van der Waals surface area contributed by atoms with Crippen LogP contribution in [0.4, 0.5) is 0 Å². The summed E-state index contributed by atoms with van der Waals surface area (Å²) in [6.45, 7) is 3.93. The van der Waals surface area contributed by atoms with E-state index < -0.39 is 0 Å². The lowest BCUT2D eigenvalue weighted by atomic mass is 9.94. The van der Waals surface area contributed by atoms with Gasteiger partial charge in [0.25, 0.3) is 0 Å². The van der Waals surface area contributed by atoms with Crippen molar-refractivity contribution < 1.29 is 14.3 Å². The molecule has 98 valence electrons. The number of hydrogen-bond donors (Lipinski definition) is 0. The Labute approximate surface area is 104 Å². The van der Waals surface area contributed by atoms with Gasteiger partial charge in [0, 0.05) is 26.3 Å². The standard InChI is InChI=1S/C13H23NO3/c1-16-11-7-12-5-9-14(10-6-12)8-3-4-13(15)17-2/h3-4,12H,5-11H2,1-2H3. The predicted molar refractivity (Wildman–Crippen MR) is 66.8 cm³/mol. The molecule has 17 heavy (non-hydrogen) atoms. The normalized spacial score (nSPS) is 18.7. The van der Waals surface area contributed by atoms with Crippen LogP contribution in [0.2, 0.25) is 0 Å². The molecule has 0 aromatic heterocycles. The van der Waals surface area contributed by atoms with Gasteiger partial charge >= 0.3 is 5.97 Å². The molecule has 1 aliphatic heterocycles. The van der Waals surface area contributed by atoms with Crippen LogP contribution in [0.3, 0.4) is 0 Å². The maximum atomic E-state index is 10.9. The van der Waals surface area contributed by atoms with Gasteiger partial charge in [-0.15, -0.1) is 0 Å². The first-order chi connectivity index (χ1) is 8.26. The second-order valence-electron chi connectivity index (χ2n) is 4.45. The molecule has 0 aromatic rings. The minimum atomic E-state index is -0.278. The van der Waals surface area contributed by atoms with Crippen LogP contribution in [0.25, 0.3) is 0 Å². The van der Waals surface area contributed by atoms with Gasteiger partial charge in [-0.2, -0.15) is 0 Å². The van der Waals surface area contributed by atoms with Gasteiger partial charge in [0.05, 0.1) is 7.11 Å². The van der Waals surface area contributed by atoms with Crippen LogP contribution < -0.4 is 0 Å². The van der Waals surface area contributed by atoms with Crippen molar-refractivity contribution in [3.63, 3.8) is 0 Å². The summed E-state index contributed by atoms with van der Waals surface area (Å²) < 4.78 is 9.64. The highest BCUT2D eigenvalue weighted by Crippen LogP contribution is 2.20. The molecular formula is C13H23NO3. The molecule has 0 bridgehead atoms. The fourth-order valence-electron chi connectivity index (χ4n) is 2.11. The van der Waals surface area contributed by atoms with E-state index in [2.05, 4.69) is 9.64 Å². The quantitative estimate of drug-likeness (QED) is 0.521. The zero-order valence-corrected chi connectivity index (χ0v) is 10.9. The predicted octanol–water partition coefficient (Wildman–Crippen LogP) is 1.46. The number of likely N-dealkylation sites (tertiary alicyclic amines) is 1. The first-order valence-corrected chi connectivity index (χ1v) is 6.22. The van der Waals surface area contributed by atoms with Crippen LogP contribution in [0.1, 0.15) is 19.3 Å². The highest BCUT2D eigenvalue weighted by atomic mass is 16.5. The third-order valence-electron chi connectivity index (χ3n) is 3.26. The van der Waals surface area contributed by atoms with E-state index in [1.807, 2.05) is 6.08 Å². The second kappa shape index (κ2) is 8.25. The summed E-state index contributed by atoms with van der Waals surface area (Å²) in [6.07, 6.45) is 7.01. The Kier molecular flexibility index (Phi) is 6.89. The molecule has 0 amide bonds. The SMILES string of the molecule is COCCC1CCN(CC=CC(=O)OC)CC1. The molecule has 0 N–H and O–H groups in total.